The van der Waals surface area contributed by atoms with Crippen molar-refractivity contribution in [1.29, 1.82) is 5.26 Å². The van der Waals surface area contributed by atoms with Crippen molar-refractivity contribution < 1.29 is 26.4 Å². The van der Waals surface area contributed by atoms with Gasteiger partial charge in [-0.15, -0.1) is 0 Å². The van der Waals surface area contributed by atoms with Crippen molar-refractivity contribution in [1.82, 2.24) is 4.31 Å². The van der Waals surface area contributed by atoms with Crippen molar-refractivity contribution in [2.24, 2.45) is 0 Å². The molecule has 0 N–H and O–H groups in total. The molecule has 0 spiro atoms. The maximum absolute atomic E-state index is 12.5. The Labute approximate surface area is 119 Å². The summed E-state index contributed by atoms with van der Waals surface area (Å²) in [5, 5.41) is 8.98. The number of nitrogens with zero attached hydrogens (tertiary/aromatic N) is 2. The highest BCUT2D eigenvalue weighted by Gasteiger charge is 2.47. The summed E-state index contributed by atoms with van der Waals surface area (Å²) in [5.74, 6) is -2.49. The molecule has 0 radical (unpaired) electrons. The molecule has 0 fully saturated rings. The number of sulfonamides is 1. The number of nitriles is 1. The highest BCUT2D eigenvalue weighted by Crippen LogP contribution is 2.26. The number of benzene rings is 1. The lowest BCUT2D eigenvalue weighted by atomic mass is 10.1. The Hall–Kier alpha value is -2.08. The van der Waals surface area contributed by atoms with Gasteiger partial charge < -0.3 is 0 Å². The highest BCUT2D eigenvalue weighted by molar-refractivity contribution is 7.89. The topological polar surface area (TPSA) is 78.2 Å². The predicted molar refractivity (Wildman–Crippen MR) is 66.5 cm³/mol. The van der Waals surface area contributed by atoms with Crippen LogP contribution in [0.5, 0.6) is 0 Å². The number of hydrogen-bond acceptors (Lipinski definition) is 4. The third kappa shape index (κ3) is 3.16. The normalized spacial score (nSPS) is 11.8. The second-order valence-electron chi connectivity index (χ2n) is 4.03. The van der Waals surface area contributed by atoms with Crippen molar-refractivity contribution in [2.45, 2.75) is 24.9 Å². The van der Waals surface area contributed by atoms with Gasteiger partial charge in [-0.3, -0.25) is 4.79 Å². The summed E-state index contributed by atoms with van der Waals surface area (Å²) in [6, 6.07) is 5.35. The predicted octanol–water partition coefficient (Wildman–Crippen LogP) is 1.97. The van der Waals surface area contributed by atoms with E-state index in [1.165, 1.54) is 19.1 Å². The fourth-order valence-corrected chi connectivity index (χ4v) is 3.30. The summed E-state index contributed by atoms with van der Waals surface area (Å²) in [6.07, 6.45) is -5.32. The number of hydrogen-bond donors (Lipinski definition) is 0. The van der Waals surface area contributed by atoms with Gasteiger partial charge in [-0.1, -0.05) is 12.1 Å². The third-order valence-corrected chi connectivity index (χ3v) is 4.57. The van der Waals surface area contributed by atoms with Crippen LogP contribution in [0.1, 0.15) is 18.1 Å². The van der Waals surface area contributed by atoms with Gasteiger partial charge in [0.1, 0.15) is 11.0 Å². The van der Waals surface area contributed by atoms with Crippen LogP contribution in [0, 0.1) is 18.3 Å². The summed E-state index contributed by atoms with van der Waals surface area (Å²) >= 11 is 0. The van der Waals surface area contributed by atoms with Crippen LogP contribution in [0.25, 0.3) is 0 Å². The first-order valence-electron chi connectivity index (χ1n) is 5.71. The molecular weight excluding hydrogens is 309 g/mol. The van der Waals surface area contributed by atoms with E-state index < -0.39 is 33.5 Å². The monoisotopic (exact) mass is 320 g/mol. The van der Waals surface area contributed by atoms with Gasteiger partial charge >= 0.3 is 12.1 Å². The molecule has 1 amide bonds. The second-order valence-corrected chi connectivity index (χ2v) is 5.86. The molecule has 0 aromatic heterocycles. The Morgan fingerprint density at radius 2 is 1.95 bits per heavy atom. The van der Waals surface area contributed by atoms with Crippen LogP contribution in [0.15, 0.2) is 23.1 Å². The summed E-state index contributed by atoms with van der Waals surface area (Å²) in [4.78, 5) is 10.6. The molecule has 0 unspecified atom stereocenters. The van der Waals surface area contributed by atoms with E-state index in [2.05, 4.69) is 0 Å². The van der Waals surface area contributed by atoms with E-state index in [0.29, 0.717) is 0 Å². The third-order valence-electron chi connectivity index (χ3n) is 2.67. The second kappa shape index (κ2) is 5.73. The van der Waals surface area contributed by atoms with E-state index in [1.54, 1.807) is 6.07 Å². The number of aryl methyl sites for hydroxylation is 1. The zero-order valence-corrected chi connectivity index (χ0v) is 11.9. The Bertz CT molecular complexity index is 705. The van der Waals surface area contributed by atoms with Crippen LogP contribution < -0.4 is 0 Å². The van der Waals surface area contributed by atoms with Gasteiger partial charge in [0.25, 0.3) is 10.0 Å². The molecule has 9 heteroatoms. The van der Waals surface area contributed by atoms with Gasteiger partial charge in [0.15, 0.2) is 0 Å². The maximum Gasteiger partial charge on any atom is 0.472 e. The average molecular weight is 320 g/mol. The highest BCUT2D eigenvalue weighted by atomic mass is 32.2. The van der Waals surface area contributed by atoms with Crippen LogP contribution in [-0.4, -0.2) is 31.4 Å². The van der Waals surface area contributed by atoms with E-state index in [0.717, 1.165) is 13.0 Å². The van der Waals surface area contributed by atoms with E-state index in [4.69, 9.17) is 5.26 Å². The molecule has 5 nitrogen and oxygen atoms in total. The molecule has 1 aromatic rings. The number of halogens is 3. The van der Waals surface area contributed by atoms with Gasteiger partial charge in [0.05, 0.1) is 5.56 Å². The van der Waals surface area contributed by atoms with Gasteiger partial charge in [0, 0.05) is 6.54 Å². The zero-order chi connectivity index (χ0) is 16.4. The van der Waals surface area contributed by atoms with E-state index >= 15 is 0 Å². The lowest BCUT2D eigenvalue weighted by molar-refractivity contribution is -0.180. The molecule has 0 saturated carbocycles. The van der Waals surface area contributed by atoms with Gasteiger partial charge in [-0.05, 0) is 25.5 Å². The molecule has 0 aliphatic carbocycles. The number of carbonyl (C=O) groups excluding carboxylic acids is 1. The van der Waals surface area contributed by atoms with Gasteiger partial charge in [-0.2, -0.15) is 18.4 Å². The lowest BCUT2D eigenvalue weighted by Crippen LogP contribution is -2.44. The Balaban J connectivity index is 3.51. The fourth-order valence-electron chi connectivity index (χ4n) is 1.68. The van der Waals surface area contributed by atoms with Gasteiger partial charge in [0.2, 0.25) is 0 Å². The minimum Gasteiger partial charge on any atom is -0.263 e. The van der Waals surface area contributed by atoms with E-state index in [9.17, 15) is 26.4 Å². The quantitative estimate of drug-likeness (QED) is 0.853. The average Bonchev–Trinajstić information content (AvgIpc) is 2.37. The first-order valence-corrected chi connectivity index (χ1v) is 7.15. The Morgan fingerprint density at radius 3 is 2.38 bits per heavy atom. The minimum atomic E-state index is -5.32. The van der Waals surface area contributed by atoms with Crippen molar-refractivity contribution in [3.63, 3.8) is 0 Å². The molecular formula is C12H11F3N2O3S. The fraction of sp³-hybridized carbons (Fsp3) is 0.333. The van der Waals surface area contributed by atoms with Crippen LogP contribution in [0.4, 0.5) is 13.2 Å². The molecule has 0 heterocycles. The maximum atomic E-state index is 12.5. The van der Waals surface area contributed by atoms with Crippen molar-refractivity contribution in [2.75, 3.05) is 6.54 Å². The van der Waals surface area contributed by atoms with Crippen LogP contribution in [0.2, 0.25) is 0 Å². The van der Waals surface area contributed by atoms with Crippen LogP contribution in [-0.2, 0) is 14.8 Å². The summed E-state index contributed by atoms with van der Waals surface area (Å²) in [7, 11) is -4.76. The molecule has 21 heavy (non-hydrogen) atoms. The van der Waals surface area contributed by atoms with Crippen LogP contribution in [0.3, 0.4) is 0 Å². The number of carbonyl (C=O) groups is 1. The molecule has 0 bridgehead atoms. The Kier molecular flexibility index (Phi) is 4.63. The van der Waals surface area contributed by atoms with Crippen molar-refractivity contribution in [3.05, 3.63) is 29.3 Å². The standard InChI is InChI=1S/C12H11F3N2O3S/c1-3-17(11(18)12(13,14)15)21(19,20)10-6-4-5-8(2)9(10)7-16/h4-6H,3H2,1-2H3. The lowest BCUT2D eigenvalue weighted by Gasteiger charge is -2.22. The van der Waals surface area contributed by atoms with Gasteiger partial charge in [-0.25, -0.2) is 12.7 Å². The number of alkyl halides is 3. The molecule has 0 aliphatic heterocycles. The van der Waals surface area contributed by atoms with Crippen LogP contribution >= 0.6 is 0 Å². The smallest absolute Gasteiger partial charge is 0.263 e. The molecule has 0 aliphatic rings. The van der Waals surface area contributed by atoms with E-state index in [-0.39, 0.29) is 15.4 Å². The minimum absolute atomic E-state index is 0.286. The summed E-state index contributed by atoms with van der Waals surface area (Å²) in [6.45, 7) is 1.85. The molecule has 114 valence electrons. The SMILES string of the molecule is CCN(C(=O)C(F)(F)F)S(=O)(=O)c1cccc(C)c1C#N. The summed E-state index contributed by atoms with van der Waals surface area (Å²) < 4.78 is 61.6. The molecule has 1 aromatic carbocycles. The molecule has 0 saturated heterocycles. The first kappa shape index (κ1) is 17.0. The summed E-state index contributed by atoms with van der Waals surface area (Å²) in [5.41, 5.74) is 0.00000945. The van der Waals surface area contributed by atoms with E-state index in [1.807, 2.05) is 0 Å². The number of amides is 1. The Morgan fingerprint density at radius 1 is 1.38 bits per heavy atom. The molecule has 1 rings (SSSR count). The van der Waals surface area contributed by atoms with Crippen molar-refractivity contribution >= 4 is 15.9 Å². The molecule has 0 atom stereocenters. The largest absolute Gasteiger partial charge is 0.472 e. The van der Waals surface area contributed by atoms with Crippen molar-refractivity contribution in [3.8, 4) is 6.07 Å². The first-order chi connectivity index (χ1) is 9.57. The number of rotatable bonds is 3. The zero-order valence-electron chi connectivity index (χ0n) is 11.1.